The van der Waals surface area contributed by atoms with E-state index >= 15 is 0 Å². The van der Waals surface area contributed by atoms with E-state index in [0.29, 0.717) is 6.42 Å². The molecule has 2 atom stereocenters. The highest BCUT2D eigenvalue weighted by Gasteiger charge is 2.33. The first-order chi connectivity index (χ1) is 11.7. The molecule has 0 aromatic heterocycles. The van der Waals surface area contributed by atoms with Gasteiger partial charge in [0.25, 0.3) is 0 Å². The highest BCUT2D eigenvalue weighted by atomic mass is 28.3. The Balaban J connectivity index is 5.15. The van der Waals surface area contributed by atoms with Crippen LogP contribution in [-0.4, -0.2) is 37.9 Å². The van der Waals surface area contributed by atoms with Crippen LogP contribution in [0.25, 0.3) is 0 Å². The third-order valence-corrected chi connectivity index (χ3v) is 9.19. The summed E-state index contributed by atoms with van der Waals surface area (Å²) in [6, 6.07) is -1.56. The minimum atomic E-state index is -1.79. The van der Waals surface area contributed by atoms with Gasteiger partial charge in [-0.15, -0.1) is 11.5 Å². The molecule has 0 fully saturated rings. The van der Waals surface area contributed by atoms with Crippen LogP contribution in [0.15, 0.2) is 0 Å². The second kappa shape index (κ2) is 9.77. The molecule has 0 aliphatic heterocycles. The fourth-order valence-electron chi connectivity index (χ4n) is 2.00. The summed E-state index contributed by atoms with van der Waals surface area (Å²) in [7, 11) is -1.79. The molecular weight excluding hydrogens is 346 g/mol. The lowest BCUT2D eigenvalue weighted by atomic mass is 10.0. The van der Waals surface area contributed by atoms with Crippen LogP contribution in [0.5, 0.6) is 0 Å². The van der Waals surface area contributed by atoms with Gasteiger partial charge in [0.05, 0.1) is 0 Å². The molecule has 148 valence electrons. The van der Waals surface area contributed by atoms with E-state index < -0.39 is 32.0 Å². The van der Waals surface area contributed by atoms with E-state index in [0.717, 1.165) is 0 Å². The van der Waals surface area contributed by atoms with Crippen LogP contribution in [-0.2, 0) is 14.4 Å². The summed E-state index contributed by atoms with van der Waals surface area (Å²) in [6.07, 6.45) is 0.647. The van der Waals surface area contributed by atoms with Crippen LogP contribution in [0, 0.1) is 17.4 Å². The number of carbonyl (C=O) groups is 3. The van der Waals surface area contributed by atoms with E-state index in [1.807, 2.05) is 13.8 Å². The van der Waals surface area contributed by atoms with Crippen LogP contribution >= 0.6 is 0 Å². The third-order valence-electron chi connectivity index (χ3n) is 4.64. The molecular formula is C19H35N3O3Si. The molecule has 6 nitrogen and oxygen atoms in total. The van der Waals surface area contributed by atoms with Crippen LogP contribution in [0.4, 0.5) is 0 Å². The highest BCUT2D eigenvalue weighted by Crippen LogP contribution is 2.35. The molecule has 0 aromatic carbocycles. The SMILES string of the molecule is CC(=O)N[C@@H](CC(C)C)C(=O)N[C@H](CC#C[Si](C)(C)C(C)(C)C)C(N)=O. The Morgan fingerprint density at radius 1 is 1.08 bits per heavy atom. The largest absolute Gasteiger partial charge is 0.368 e. The molecule has 0 aliphatic carbocycles. The lowest BCUT2D eigenvalue weighted by Gasteiger charge is -2.31. The van der Waals surface area contributed by atoms with Gasteiger partial charge >= 0.3 is 0 Å². The topological polar surface area (TPSA) is 101 Å². The summed E-state index contributed by atoms with van der Waals surface area (Å²) in [5.74, 6) is 1.93. The fourth-order valence-corrected chi connectivity index (χ4v) is 2.92. The van der Waals surface area contributed by atoms with Crippen molar-refractivity contribution in [3.05, 3.63) is 0 Å². The highest BCUT2D eigenvalue weighted by molar-refractivity contribution is 6.87. The average Bonchev–Trinajstić information content (AvgIpc) is 2.42. The molecule has 0 spiro atoms. The molecule has 0 heterocycles. The van der Waals surface area contributed by atoms with Gasteiger partial charge in [0, 0.05) is 13.3 Å². The Bertz CT molecular complexity index is 583. The quantitative estimate of drug-likeness (QED) is 0.464. The lowest BCUT2D eigenvalue weighted by Crippen LogP contribution is -2.52. The molecule has 3 amide bonds. The summed E-state index contributed by atoms with van der Waals surface area (Å²) in [6.45, 7) is 16.1. The first-order valence-electron chi connectivity index (χ1n) is 9.04. The molecule has 0 unspecified atom stereocenters. The second-order valence-corrected chi connectivity index (χ2v) is 13.7. The van der Waals surface area contributed by atoms with E-state index in [9.17, 15) is 14.4 Å². The summed E-state index contributed by atoms with van der Waals surface area (Å²) in [5.41, 5.74) is 8.74. The van der Waals surface area contributed by atoms with E-state index in [4.69, 9.17) is 5.73 Å². The zero-order valence-electron chi connectivity index (χ0n) is 17.4. The van der Waals surface area contributed by atoms with Crippen molar-refractivity contribution in [3.63, 3.8) is 0 Å². The number of primary amides is 1. The van der Waals surface area contributed by atoms with Crippen molar-refractivity contribution in [2.45, 2.75) is 84.6 Å². The predicted molar refractivity (Wildman–Crippen MR) is 108 cm³/mol. The maximum Gasteiger partial charge on any atom is 0.243 e. The number of hydrogen-bond acceptors (Lipinski definition) is 3. The maximum absolute atomic E-state index is 12.5. The Kier molecular flexibility index (Phi) is 9.08. The summed E-state index contributed by atoms with van der Waals surface area (Å²) in [5, 5.41) is 5.37. The molecule has 0 aliphatic rings. The molecule has 0 rings (SSSR count). The van der Waals surface area contributed by atoms with Gasteiger partial charge in [-0.3, -0.25) is 14.4 Å². The Labute approximate surface area is 159 Å². The lowest BCUT2D eigenvalue weighted by molar-refractivity contribution is -0.131. The number of amides is 3. The van der Waals surface area contributed by atoms with Gasteiger partial charge in [-0.05, 0) is 17.4 Å². The van der Waals surface area contributed by atoms with E-state index in [2.05, 4.69) is 56.0 Å². The normalized spacial score (nSPS) is 14.0. The minimum absolute atomic E-state index is 0.110. The molecule has 4 N–H and O–H groups in total. The van der Waals surface area contributed by atoms with Gasteiger partial charge in [-0.25, -0.2) is 0 Å². The Hall–Kier alpha value is -1.81. The molecule has 0 aromatic rings. The van der Waals surface area contributed by atoms with Gasteiger partial charge < -0.3 is 16.4 Å². The number of nitrogens with two attached hydrogens (primary N) is 1. The van der Waals surface area contributed by atoms with Crippen molar-refractivity contribution < 1.29 is 14.4 Å². The van der Waals surface area contributed by atoms with Crippen LogP contribution in [0.3, 0.4) is 0 Å². The molecule has 7 heteroatoms. The monoisotopic (exact) mass is 381 g/mol. The Morgan fingerprint density at radius 2 is 1.62 bits per heavy atom. The minimum Gasteiger partial charge on any atom is -0.368 e. The van der Waals surface area contributed by atoms with Gasteiger partial charge in [0.15, 0.2) is 0 Å². The van der Waals surface area contributed by atoms with Crippen molar-refractivity contribution in [2.75, 3.05) is 0 Å². The summed E-state index contributed by atoms with van der Waals surface area (Å²) < 4.78 is 0. The zero-order valence-corrected chi connectivity index (χ0v) is 18.4. The van der Waals surface area contributed by atoms with Crippen molar-refractivity contribution in [1.82, 2.24) is 10.6 Å². The summed E-state index contributed by atoms with van der Waals surface area (Å²) >= 11 is 0. The van der Waals surface area contributed by atoms with E-state index in [1.165, 1.54) is 6.92 Å². The zero-order chi connectivity index (χ0) is 20.7. The first-order valence-corrected chi connectivity index (χ1v) is 12.0. The van der Waals surface area contributed by atoms with Gasteiger partial charge in [0.2, 0.25) is 17.7 Å². The van der Waals surface area contributed by atoms with E-state index in [-0.39, 0.29) is 23.3 Å². The fraction of sp³-hybridized carbons (Fsp3) is 0.737. The van der Waals surface area contributed by atoms with Crippen molar-refractivity contribution in [1.29, 1.82) is 0 Å². The third kappa shape index (κ3) is 8.52. The predicted octanol–water partition coefficient (Wildman–Crippen LogP) is 1.95. The summed E-state index contributed by atoms with van der Waals surface area (Å²) in [4.78, 5) is 35.5. The molecule has 0 radical (unpaired) electrons. The van der Waals surface area contributed by atoms with Crippen LogP contribution in [0.1, 0.15) is 54.4 Å². The van der Waals surface area contributed by atoms with Crippen molar-refractivity contribution in [2.24, 2.45) is 11.7 Å². The Morgan fingerprint density at radius 3 is 2.00 bits per heavy atom. The van der Waals surface area contributed by atoms with Crippen molar-refractivity contribution in [3.8, 4) is 11.5 Å². The molecule has 0 saturated carbocycles. The molecule has 0 bridgehead atoms. The van der Waals surface area contributed by atoms with Gasteiger partial charge in [0.1, 0.15) is 20.2 Å². The maximum atomic E-state index is 12.5. The molecule has 26 heavy (non-hydrogen) atoms. The second-order valence-electron chi connectivity index (χ2n) is 8.73. The van der Waals surface area contributed by atoms with Gasteiger partial charge in [-0.1, -0.05) is 47.7 Å². The van der Waals surface area contributed by atoms with Gasteiger partial charge in [-0.2, -0.15) is 0 Å². The first kappa shape index (κ1) is 24.2. The number of nitrogens with one attached hydrogen (secondary N) is 2. The van der Waals surface area contributed by atoms with Crippen LogP contribution < -0.4 is 16.4 Å². The van der Waals surface area contributed by atoms with E-state index in [1.54, 1.807) is 0 Å². The number of carbonyl (C=O) groups excluding carboxylic acids is 3. The van der Waals surface area contributed by atoms with Crippen LogP contribution in [0.2, 0.25) is 18.1 Å². The standard InChI is InChI=1S/C19H35N3O3Si/c1-13(2)12-16(21-14(3)23)18(25)22-15(17(20)24)10-9-11-26(7,8)19(4,5)6/h13,15-16H,10,12H2,1-8H3,(H2,20,24)(H,21,23)(H,22,25)/t15-,16+/m1/s1. The number of rotatable bonds is 7. The van der Waals surface area contributed by atoms with Crippen molar-refractivity contribution >= 4 is 25.8 Å². The smallest absolute Gasteiger partial charge is 0.243 e. The number of hydrogen-bond donors (Lipinski definition) is 3. The average molecular weight is 382 g/mol. The molecule has 0 saturated heterocycles.